The molecule has 0 aliphatic heterocycles. The number of pyridine rings is 1. The average Bonchev–Trinajstić information content (AvgIpc) is 2.42. The predicted molar refractivity (Wildman–Crippen MR) is 84.4 cm³/mol. The van der Waals surface area contributed by atoms with Gasteiger partial charge in [-0.15, -0.1) is 0 Å². The van der Waals surface area contributed by atoms with Crippen LogP contribution in [0.25, 0.3) is 6.08 Å². The number of aromatic nitrogens is 1. The summed E-state index contributed by atoms with van der Waals surface area (Å²) in [5, 5.41) is 3.01. The Balaban J connectivity index is 0.000000191. The Morgan fingerprint density at radius 1 is 1.11 bits per heavy atom. The minimum atomic E-state index is 1.06. The lowest BCUT2D eigenvalue weighted by molar-refractivity contribution is 1.26. The third kappa shape index (κ3) is 5.38. The highest BCUT2D eigenvalue weighted by atomic mass is 14.8. The molecule has 0 atom stereocenters. The zero-order chi connectivity index (χ0) is 14.1. The summed E-state index contributed by atoms with van der Waals surface area (Å²) in [5.74, 6) is 0. The van der Waals surface area contributed by atoms with E-state index in [1.165, 1.54) is 16.7 Å². The molecule has 0 aliphatic rings. The Labute approximate surface area is 116 Å². The number of rotatable bonds is 2. The van der Waals surface area contributed by atoms with Crippen molar-refractivity contribution < 1.29 is 0 Å². The topological polar surface area (TPSA) is 24.9 Å². The molecule has 2 aromatic rings. The Morgan fingerprint density at radius 2 is 1.84 bits per heavy atom. The molecule has 0 amide bonds. The minimum absolute atomic E-state index is 1.06. The number of hydrogen-bond donors (Lipinski definition) is 1. The van der Waals surface area contributed by atoms with E-state index in [1.807, 2.05) is 33.2 Å². The number of nitrogens with zero attached hydrogens (tertiary/aromatic N) is 1. The molecule has 2 heteroatoms. The molecular weight excluding hydrogens is 232 g/mol. The first-order valence-electron chi connectivity index (χ1n) is 6.45. The molecule has 0 saturated carbocycles. The van der Waals surface area contributed by atoms with Crippen LogP contribution in [0.15, 0.2) is 48.8 Å². The zero-order valence-electron chi connectivity index (χ0n) is 12.1. The van der Waals surface area contributed by atoms with Crippen LogP contribution in [0.2, 0.25) is 0 Å². The summed E-state index contributed by atoms with van der Waals surface area (Å²) in [6.45, 7) is 6.18. The van der Waals surface area contributed by atoms with E-state index in [0.29, 0.717) is 0 Å². The van der Waals surface area contributed by atoms with Crippen molar-refractivity contribution in [3.05, 3.63) is 65.5 Å². The van der Waals surface area contributed by atoms with Gasteiger partial charge in [0.2, 0.25) is 0 Å². The first kappa shape index (κ1) is 15.0. The number of hydrogen-bond acceptors (Lipinski definition) is 2. The van der Waals surface area contributed by atoms with Crippen molar-refractivity contribution in [2.45, 2.75) is 20.8 Å². The van der Waals surface area contributed by atoms with Crippen LogP contribution in [-0.2, 0) is 0 Å². The van der Waals surface area contributed by atoms with E-state index in [9.17, 15) is 0 Å². The molecule has 0 radical (unpaired) electrons. The molecule has 19 heavy (non-hydrogen) atoms. The summed E-state index contributed by atoms with van der Waals surface area (Å²) < 4.78 is 0. The summed E-state index contributed by atoms with van der Waals surface area (Å²) in [6.07, 6.45) is 7.81. The number of benzene rings is 1. The molecule has 100 valence electrons. The Kier molecular flexibility index (Phi) is 6.37. The van der Waals surface area contributed by atoms with Crippen LogP contribution in [0.1, 0.15) is 23.6 Å². The Morgan fingerprint density at radius 3 is 2.37 bits per heavy atom. The molecule has 0 saturated heterocycles. The number of anilines is 1. The zero-order valence-corrected chi connectivity index (χ0v) is 12.1. The maximum Gasteiger partial charge on any atom is 0.0526 e. The predicted octanol–water partition coefficient (Wildman–Crippen LogP) is 4.46. The second-order valence-corrected chi connectivity index (χ2v) is 4.36. The maximum atomic E-state index is 3.99. The smallest absolute Gasteiger partial charge is 0.0526 e. The van der Waals surface area contributed by atoms with Crippen molar-refractivity contribution in [2.75, 3.05) is 12.4 Å². The van der Waals surface area contributed by atoms with Gasteiger partial charge in [0, 0.05) is 19.4 Å². The molecular formula is C17H22N2. The first-order valence-corrected chi connectivity index (χ1v) is 6.45. The fourth-order valence-electron chi connectivity index (χ4n) is 1.65. The molecule has 1 heterocycles. The van der Waals surface area contributed by atoms with Gasteiger partial charge < -0.3 is 5.32 Å². The second kappa shape index (κ2) is 8.09. The van der Waals surface area contributed by atoms with Crippen molar-refractivity contribution in [1.82, 2.24) is 4.98 Å². The summed E-state index contributed by atoms with van der Waals surface area (Å²) in [7, 11) is 1.89. The van der Waals surface area contributed by atoms with Crippen LogP contribution >= 0.6 is 0 Å². The summed E-state index contributed by atoms with van der Waals surface area (Å²) >= 11 is 0. The van der Waals surface area contributed by atoms with E-state index in [-0.39, 0.29) is 0 Å². The summed E-state index contributed by atoms with van der Waals surface area (Å²) in [5.41, 5.74) is 4.89. The number of nitrogens with one attached hydrogen (secondary N) is 1. The van der Waals surface area contributed by atoms with Crippen LogP contribution in [-0.4, -0.2) is 12.0 Å². The molecule has 0 bridgehead atoms. The van der Waals surface area contributed by atoms with Crippen molar-refractivity contribution in [3.8, 4) is 0 Å². The average molecular weight is 254 g/mol. The van der Waals surface area contributed by atoms with Gasteiger partial charge >= 0.3 is 0 Å². The molecule has 0 aliphatic carbocycles. The van der Waals surface area contributed by atoms with E-state index >= 15 is 0 Å². The highest BCUT2D eigenvalue weighted by Gasteiger charge is 1.88. The van der Waals surface area contributed by atoms with Crippen molar-refractivity contribution in [3.63, 3.8) is 0 Å². The standard InChI is InChI=1S/C10H12.C7H10N2/c1-3-6-10-8-5-4-7-9(10)2;1-6-3-7(8-2)5-9-4-6/h3-8H,1-2H3;3-5,8H,1-2H3/b6-3-;. The van der Waals surface area contributed by atoms with Gasteiger partial charge in [0.1, 0.15) is 0 Å². The molecule has 0 spiro atoms. The van der Waals surface area contributed by atoms with Crippen LogP contribution < -0.4 is 5.32 Å². The molecule has 1 aromatic heterocycles. The number of aryl methyl sites for hydroxylation is 2. The second-order valence-electron chi connectivity index (χ2n) is 4.36. The molecule has 0 unspecified atom stereocenters. The third-order valence-corrected chi connectivity index (χ3v) is 2.70. The lowest BCUT2D eigenvalue weighted by atomic mass is 10.1. The third-order valence-electron chi connectivity index (χ3n) is 2.70. The van der Waals surface area contributed by atoms with Gasteiger partial charge in [0.05, 0.1) is 5.69 Å². The van der Waals surface area contributed by atoms with E-state index < -0.39 is 0 Å². The molecule has 2 rings (SSSR count). The quantitative estimate of drug-likeness (QED) is 0.856. The lowest BCUT2D eigenvalue weighted by Crippen LogP contribution is -1.88. The van der Waals surface area contributed by atoms with E-state index in [1.54, 1.807) is 6.20 Å². The monoisotopic (exact) mass is 254 g/mol. The Bertz CT molecular complexity index is 530. The van der Waals surface area contributed by atoms with E-state index in [4.69, 9.17) is 0 Å². The summed E-state index contributed by atoms with van der Waals surface area (Å²) in [4.78, 5) is 3.99. The van der Waals surface area contributed by atoms with Gasteiger partial charge in [-0.3, -0.25) is 4.98 Å². The van der Waals surface area contributed by atoms with Gasteiger partial charge in [-0.2, -0.15) is 0 Å². The van der Waals surface area contributed by atoms with Gasteiger partial charge in [-0.25, -0.2) is 0 Å². The molecule has 0 fully saturated rings. The SMILES string of the molecule is C/C=C\c1ccccc1C.CNc1cncc(C)c1. The summed E-state index contributed by atoms with van der Waals surface area (Å²) in [6, 6.07) is 10.4. The van der Waals surface area contributed by atoms with Crippen LogP contribution in [0.3, 0.4) is 0 Å². The van der Waals surface area contributed by atoms with Gasteiger partial charge in [0.15, 0.2) is 0 Å². The largest absolute Gasteiger partial charge is 0.387 e. The normalized spacial score (nSPS) is 9.89. The van der Waals surface area contributed by atoms with Gasteiger partial charge in [0.25, 0.3) is 0 Å². The highest BCUT2D eigenvalue weighted by Crippen LogP contribution is 2.08. The number of allylic oxidation sites excluding steroid dienone is 1. The lowest BCUT2D eigenvalue weighted by Gasteiger charge is -1.97. The van der Waals surface area contributed by atoms with Gasteiger partial charge in [-0.05, 0) is 43.5 Å². The molecule has 1 aromatic carbocycles. The Hall–Kier alpha value is -2.09. The first-order chi connectivity index (χ1) is 9.17. The van der Waals surface area contributed by atoms with Crippen molar-refractivity contribution in [1.29, 1.82) is 0 Å². The molecule has 2 nitrogen and oxygen atoms in total. The fourth-order valence-corrected chi connectivity index (χ4v) is 1.65. The van der Waals surface area contributed by atoms with E-state index in [0.717, 1.165) is 5.69 Å². The molecule has 1 N–H and O–H groups in total. The van der Waals surface area contributed by atoms with Gasteiger partial charge in [-0.1, -0.05) is 36.4 Å². The minimum Gasteiger partial charge on any atom is -0.387 e. The van der Waals surface area contributed by atoms with Crippen LogP contribution in [0.4, 0.5) is 5.69 Å². The van der Waals surface area contributed by atoms with Crippen LogP contribution in [0, 0.1) is 13.8 Å². The van der Waals surface area contributed by atoms with E-state index in [2.05, 4.69) is 53.6 Å². The highest BCUT2D eigenvalue weighted by molar-refractivity contribution is 5.52. The maximum absolute atomic E-state index is 3.99. The van der Waals surface area contributed by atoms with Crippen molar-refractivity contribution >= 4 is 11.8 Å². The van der Waals surface area contributed by atoms with Crippen LogP contribution in [0.5, 0.6) is 0 Å². The van der Waals surface area contributed by atoms with Crippen molar-refractivity contribution in [2.24, 2.45) is 0 Å². The fraction of sp³-hybridized carbons (Fsp3) is 0.235.